The molecule has 0 aliphatic rings. The van der Waals surface area contributed by atoms with Crippen LogP contribution in [0.3, 0.4) is 0 Å². The van der Waals surface area contributed by atoms with Crippen LogP contribution in [0, 0.1) is 0 Å². The number of hydrogen-bond donors (Lipinski definition) is 1. The molecule has 3 aromatic rings. The van der Waals surface area contributed by atoms with Gasteiger partial charge >= 0.3 is 17.9 Å². The minimum atomic E-state index is -0.940. The Hall–Kier alpha value is -5.63. The van der Waals surface area contributed by atoms with Gasteiger partial charge in [-0.3, -0.25) is 0 Å². The van der Waals surface area contributed by atoms with Gasteiger partial charge in [0.15, 0.2) is 6.61 Å². The summed E-state index contributed by atoms with van der Waals surface area (Å²) in [6.07, 6.45) is 7.27. The molecule has 0 aliphatic heterocycles. The van der Waals surface area contributed by atoms with Crippen LogP contribution in [0.5, 0.6) is 5.75 Å². The Balaban J connectivity index is 0.000000432. The monoisotopic (exact) mass is 596 g/mol. The van der Waals surface area contributed by atoms with Crippen molar-refractivity contribution in [3.05, 3.63) is 147 Å². The van der Waals surface area contributed by atoms with E-state index < -0.39 is 17.9 Å². The van der Waals surface area contributed by atoms with Crippen LogP contribution in [-0.2, 0) is 23.8 Å². The predicted octanol–water partition coefficient (Wildman–Crippen LogP) is 7.41. The maximum Gasteiger partial charge on any atom is 0.348 e. The molecule has 0 spiro atoms. The fraction of sp³-hybridized carbons (Fsp3) is 0.139. The molecule has 1 N–H and O–H groups in total. The highest BCUT2D eigenvalue weighted by Crippen LogP contribution is 2.23. The van der Waals surface area contributed by atoms with Gasteiger partial charge in [0.2, 0.25) is 0 Å². The Kier molecular flexibility index (Phi) is 15.3. The molecule has 3 rings (SSSR count). The molecule has 8 heteroatoms. The number of allylic oxidation sites excluding steroid dienone is 3. The molecule has 228 valence electrons. The highest BCUT2D eigenvalue weighted by atomic mass is 16.6. The summed E-state index contributed by atoms with van der Waals surface area (Å²) in [5.41, 5.74) is 3.97. The van der Waals surface area contributed by atoms with Gasteiger partial charge in [0.1, 0.15) is 11.5 Å². The molecule has 0 radical (unpaired) electrons. The Morgan fingerprint density at radius 2 is 1.30 bits per heavy atom. The van der Waals surface area contributed by atoms with Crippen LogP contribution < -0.4 is 4.74 Å². The molecule has 0 saturated carbocycles. The van der Waals surface area contributed by atoms with Crippen LogP contribution in [0.2, 0.25) is 0 Å². The number of carboxylic acid groups (broad SMARTS) is 1. The van der Waals surface area contributed by atoms with Crippen molar-refractivity contribution < 1.29 is 38.4 Å². The SMILES string of the molecule is C=CC(=O)OCCCCOC(=C)/C=C\C(=C)c1ccc(-c2ccc(C(=O)O)cc2)cc1.C=COC(=O)COc1ccccc1. The number of hydrogen-bond acceptors (Lipinski definition) is 7. The summed E-state index contributed by atoms with van der Waals surface area (Å²) in [7, 11) is 0. The lowest BCUT2D eigenvalue weighted by Crippen LogP contribution is -2.11. The molecule has 3 aromatic carbocycles. The fourth-order valence-electron chi connectivity index (χ4n) is 3.44. The summed E-state index contributed by atoms with van der Waals surface area (Å²) in [6, 6.07) is 23.7. The zero-order valence-corrected chi connectivity index (χ0v) is 24.5. The average Bonchev–Trinajstić information content (AvgIpc) is 3.05. The average molecular weight is 597 g/mol. The molecule has 44 heavy (non-hydrogen) atoms. The van der Waals surface area contributed by atoms with Crippen molar-refractivity contribution in [2.24, 2.45) is 0 Å². The van der Waals surface area contributed by atoms with Crippen LogP contribution in [-0.4, -0.2) is 42.8 Å². The van der Waals surface area contributed by atoms with Crippen molar-refractivity contribution in [3.8, 4) is 16.9 Å². The minimum Gasteiger partial charge on any atom is -0.494 e. The standard InChI is InChI=1S/C26H26O5.C10H10O3/c1-4-25(27)31-18-6-5-17-30-20(3)8-7-19(2)21-9-11-22(12-10-21)23-13-15-24(16-14-23)26(28)29;1-2-12-10(11)8-13-9-6-4-3-5-7-9/h4,7-16H,1-3,5-6,17-18H2,(H,28,29);2-7H,1,8H2/b8-7-;. The van der Waals surface area contributed by atoms with Crippen molar-refractivity contribution in [2.75, 3.05) is 19.8 Å². The van der Waals surface area contributed by atoms with E-state index in [1.165, 1.54) is 0 Å². The van der Waals surface area contributed by atoms with E-state index in [-0.39, 0.29) is 12.2 Å². The normalized spacial score (nSPS) is 10.0. The Morgan fingerprint density at radius 3 is 1.84 bits per heavy atom. The summed E-state index contributed by atoms with van der Waals surface area (Å²) in [5.74, 6) is -0.651. The number of para-hydroxylation sites is 1. The zero-order chi connectivity index (χ0) is 32.2. The maximum atomic E-state index is 11.0. The molecule has 0 heterocycles. The lowest BCUT2D eigenvalue weighted by atomic mass is 10.00. The summed E-state index contributed by atoms with van der Waals surface area (Å²) in [6.45, 7) is 15.2. The van der Waals surface area contributed by atoms with E-state index >= 15 is 0 Å². The quantitative estimate of drug-likeness (QED) is 0.0599. The third-order valence-corrected chi connectivity index (χ3v) is 5.74. The number of rotatable bonds is 16. The number of carbonyl (C=O) groups excluding carboxylic acids is 2. The van der Waals surface area contributed by atoms with E-state index in [0.717, 1.165) is 41.0 Å². The lowest BCUT2D eigenvalue weighted by Gasteiger charge is -2.07. The van der Waals surface area contributed by atoms with E-state index in [1.807, 2.05) is 48.5 Å². The molecular formula is C36H36O8. The molecule has 8 nitrogen and oxygen atoms in total. The Labute approximate surface area is 257 Å². The van der Waals surface area contributed by atoms with Gasteiger partial charge in [0.05, 0.1) is 25.0 Å². The third-order valence-electron chi connectivity index (χ3n) is 5.74. The first kappa shape index (κ1) is 34.6. The number of aromatic carboxylic acids is 1. The van der Waals surface area contributed by atoms with Gasteiger partial charge in [-0.15, -0.1) is 0 Å². The smallest absolute Gasteiger partial charge is 0.348 e. The van der Waals surface area contributed by atoms with Crippen molar-refractivity contribution >= 4 is 23.5 Å². The van der Waals surface area contributed by atoms with E-state index in [2.05, 4.69) is 31.1 Å². The maximum absolute atomic E-state index is 11.0. The van der Waals surface area contributed by atoms with Crippen LogP contribution in [0.4, 0.5) is 0 Å². The molecule has 0 unspecified atom stereocenters. The summed E-state index contributed by atoms with van der Waals surface area (Å²) >= 11 is 0. The fourth-order valence-corrected chi connectivity index (χ4v) is 3.44. The Bertz CT molecular complexity index is 1440. The van der Waals surface area contributed by atoms with Crippen LogP contribution in [0.25, 0.3) is 16.7 Å². The lowest BCUT2D eigenvalue weighted by molar-refractivity contribution is -0.140. The number of carbonyl (C=O) groups is 3. The van der Waals surface area contributed by atoms with Gasteiger partial charge in [0, 0.05) is 6.08 Å². The van der Waals surface area contributed by atoms with Gasteiger partial charge < -0.3 is 24.1 Å². The van der Waals surface area contributed by atoms with E-state index in [1.54, 1.807) is 42.5 Å². The van der Waals surface area contributed by atoms with Gasteiger partial charge in [-0.25, -0.2) is 14.4 Å². The molecule has 0 atom stereocenters. The van der Waals surface area contributed by atoms with Gasteiger partial charge in [-0.05, 0) is 65.4 Å². The first-order chi connectivity index (χ1) is 21.2. The van der Waals surface area contributed by atoms with Crippen molar-refractivity contribution in [1.29, 1.82) is 0 Å². The molecule has 0 amide bonds. The molecule has 0 aromatic heterocycles. The summed E-state index contributed by atoms with van der Waals surface area (Å²) in [5, 5.41) is 8.99. The van der Waals surface area contributed by atoms with Gasteiger partial charge in [-0.2, -0.15) is 0 Å². The number of carboxylic acids is 1. The topological polar surface area (TPSA) is 108 Å². The van der Waals surface area contributed by atoms with Crippen molar-refractivity contribution in [1.82, 2.24) is 0 Å². The second-order valence-corrected chi connectivity index (χ2v) is 8.97. The first-order valence-electron chi connectivity index (χ1n) is 13.6. The Morgan fingerprint density at radius 1 is 0.727 bits per heavy atom. The highest BCUT2D eigenvalue weighted by Gasteiger charge is 2.04. The molecule has 0 fully saturated rings. The van der Waals surface area contributed by atoms with Gasteiger partial charge in [-0.1, -0.05) is 87.0 Å². The van der Waals surface area contributed by atoms with E-state index in [9.17, 15) is 14.4 Å². The molecule has 0 aliphatic carbocycles. The van der Waals surface area contributed by atoms with E-state index in [4.69, 9.17) is 19.3 Å². The third kappa shape index (κ3) is 13.4. The first-order valence-corrected chi connectivity index (χ1v) is 13.6. The van der Waals surface area contributed by atoms with E-state index in [0.29, 0.717) is 31.1 Å². The summed E-state index contributed by atoms with van der Waals surface area (Å²) in [4.78, 5) is 32.7. The minimum absolute atomic E-state index is 0.101. The second-order valence-electron chi connectivity index (χ2n) is 8.97. The van der Waals surface area contributed by atoms with Crippen molar-refractivity contribution in [2.45, 2.75) is 12.8 Å². The predicted molar refractivity (Wildman–Crippen MR) is 171 cm³/mol. The van der Waals surface area contributed by atoms with Gasteiger partial charge in [0.25, 0.3) is 0 Å². The highest BCUT2D eigenvalue weighted by molar-refractivity contribution is 5.88. The number of esters is 2. The zero-order valence-electron chi connectivity index (χ0n) is 24.5. The summed E-state index contributed by atoms with van der Waals surface area (Å²) < 4.78 is 20.0. The number of ether oxygens (including phenoxy) is 4. The second kappa shape index (κ2) is 19.5. The molecule has 0 saturated heterocycles. The number of benzene rings is 3. The molecular weight excluding hydrogens is 560 g/mol. The van der Waals surface area contributed by atoms with Crippen LogP contribution in [0.1, 0.15) is 28.8 Å². The van der Waals surface area contributed by atoms with Crippen LogP contribution in [0.15, 0.2) is 135 Å². The van der Waals surface area contributed by atoms with Crippen LogP contribution >= 0.6 is 0 Å². The molecule has 0 bridgehead atoms. The number of unbranched alkanes of at least 4 members (excludes halogenated alkanes) is 1. The largest absolute Gasteiger partial charge is 0.494 e. The van der Waals surface area contributed by atoms with Crippen molar-refractivity contribution in [3.63, 3.8) is 0 Å².